The summed E-state index contributed by atoms with van der Waals surface area (Å²) in [4.78, 5) is 102. The topological polar surface area (TPSA) is 281 Å². The van der Waals surface area contributed by atoms with E-state index >= 15 is 0 Å². The second-order valence-corrected chi connectivity index (χ2v) is 31.5. The highest BCUT2D eigenvalue weighted by Gasteiger charge is 2.40. The first-order chi connectivity index (χ1) is 60.9. The number of oxime groups is 1. The second-order valence-electron chi connectivity index (χ2n) is 28.8. The van der Waals surface area contributed by atoms with Crippen molar-refractivity contribution in [1.29, 1.82) is 0 Å². The molecule has 0 aliphatic carbocycles. The lowest BCUT2D eigenvalue weighted by molar-refractivity contribution is -0.122. The van der Waals surface area contributed by atoms with Crippen molar-refractivity contribution in [2.24, 2.45) is 10.9 Å². The predicted octanol–water partition coefficient (Wildman–Crippen LogP) is 21.3. The minimum atomic E-state index is -0.922. The SMILES string of the molecule is CCOc1ccc(F)cc1Br.CCOc1ccc(F)cc1C(=NO)C(C)=O.CCOc1ccc(F)cc1C(=O)C(C)=O.CCOc1ccc(F)cc1C(C(C)=O)N1Cc2ccc(-c3ccc(C4CCN(C)CC4)cc3)cc2C1=O.CCOc1ccc(F)cc1C(C(C)=O)N1Cc2ccc(Br)cc2C1=O.CCOc1ccc(F)cc1C(N)C(C)=O.Oc1ccc(F)cc1Br. The van der Waals surface area contributed by atoms with Crippen molar-refractivity contribution in [3.8, 4) is 51.4 Å². The molecule has 1 fully saturated rings. The van der Waals surface area contributed by atoms with Crippen LogP contribution in [0.2, 0.25) is 0 Å². The summed E-state index contributed by atoms with van der Waals surface area (Å²) >= 11 is 9.50. The zero-order valence-electron chi connectivity index (χ0n) is 72.4. The number of likely N-dealkylation sites (tertiary alicyclic amines) is 1. The Hall–Kier alpha value is -11.9. The molecule has 10 aromatic carbocycles. The first kappa shape index (κ1) is 103. The number of nitrogens with two attached hydrogens (primary N) is 1. The Morgan fingerprint density at radius 2 is 0.797 bits per heavy atom. The Morgan fingerprint density at radius 3 is 1.21 bits per heavy atom. The average Bonchev–Trinajstić information content (AvgIpc) is 1.62. The first-order valence-corrected chi connectivity index (χ1v) is 43.0. The number of fused-ring (bicyclic) bond motifs is 2. The molecule has 3 aliphatic heterocycles. The van der Waals surface area contributed by atoms with Crippen molar-refractivity contribution in [2.75, 3.05) is 59.8 Å². The number of rotatable bonds is 26. The van der Waals surface area contributed by atoms with E-state index in [2.05, 4.69) is 89.2 Å². The van der Waals surface area contributed by atoms with Crippen LogP contribution in [0.5, 0.6) is 40.2 Å². The number of halogens is 10. The highest BCUT2D eigenvalue weighted by Crippen LogP contribution is 2.41. The number of hydrogen-bond donors (Lipinski definition) is 3. The van der Waals surface area contributed by atoms with E-state index in [9.17, 15) is 69.1 Å². The molecule has 0 aromatic heterocycles. The number of ketones is 6. The smallest absolute Gasteiger partial charge is 0.255 e. The number of benzene rings is 10. The van der Waals surface area contributed by atoms with Gasteiger partial charge >= 0.3 is 0 Å². The van der Waals surface area contributed by atoms with Crippen molar-refractivity contribution < 1.29 is 108 Å². The molecule has 1 saturated heterocycles. The summed E-state index contributed by atoms with van der Waals surface area (Å²) in [7, 11) is 2.17. The molecule has 3 atom stereocenters. The molecule has 3 unspecified atom stereocenters. The first-order valence-electron chi connectivity index (χ1n) is 40.6. The maximum atomic E-state index is 14.2. The van der Waals surface area contributed by atoms with E-state index in [0.29, 0.717) is 118 Å². The maximum Gasteiger partial charge on any atom is 0.255 e. The molecule has 0 saturated carbocycles. The number of aromatic hydroxyl groups is 1. The van der Waals surface area contributed by atoms with Gasteiger partial charge in [-0.05, 0) is 306 Å². The Morgan fingerprint density at radius 1 is 0.430 bits per heavy atom. The average molecular weight is 1960 g/mol. The van der Waals surface area contributed by atoms with Gasteiger partial charge in [-0.1, -0.05) is 63.6 Å². The monoisotopic (exact) mass is 1960 g/mol. The van der Waals surface area contributed by atoms with Gasteiger partial charge in [0.1, 0.15) is 93.1 Å². The van der Waals surface area contributed by atoms with E-state index in [1.54, 1.807) is 26.0 Å². The van der Waals surface area contributed by atoms with Crippen LogP contribution in [0.1, 0.15) is 183 Å². The lowest BCUT2D eigenvalue weighted by Crippen LogP contribution is -2.33. The normalized spacial score (nSPS) is 13.3. The second kappa shape index (κ2) is 50.0. The largest absolute Gasteiger partial charge is 0.507 e. The van der Waals surface area contributed by atoms with Gasteiger partial charge in [0.05, 0.1) is 65.8 Å². The molecule has 0 radical (unpaired) electrons. The third kappa shape index (κ3) is 28.8. The lowest BCUT2D eigenvalue weighted by Gasteiger charge is -2.29. The van der Waals surface area contributed by atoms with Crippen molar-refractivity contribution in [3.63, 3.8) is 0 Å². The molecule has 0 bridgehead atoms. The highest BCUT2D eigenvalue weighted by atomic mass is 79.9. The van der Waals surface area contributed by atoms with Gasteiger partial charge in [-0.25, -0.2) is 30.7 Å². The molecule has 3 aliphatic rings. The fourth-order valence-electron chi connectivity index (χ4n) is 13.7. The van der Waals surface area contributed by atoms with Gasteiger partial charge < -0.3 is 59.2 Å². The molecule has 21 nitrogen and oxygen atoms in total. The Bertz CT molecular complexity index is 5620. The van der Waals surface area contributed by atoms with Crippen LogP contribution in [0.3, 0.4) is 0 Å². The van der Waals surface area contributed by atoms with E-state index in [-0.39, 0.29) is 75.7 Å². The van der Waals surface area contributed by atoms with Crippen molar-refractivity contribution in [1.82, 2.24) is 14.7 Å². The van der Waals surface area contributed by atoms with Crippen molar-refractivity contribution >= 4 is 100 Å². The molecule has 0 spiro atoms. The standard InChI is InChI=1S/C31H33FN2O3.C19H17BrFNO3.C11H12FNO3.C11H14FNO2.C11H11FO3.C8H8BrFO.C6H4BrFO/c1-4-37-29-12-11-26(32)18-28(29)30(20(2)35)34-19-25-10-9-24(17-27(25)31(34)36)22-7-5-21(6-8-22)23-13-15-33(3)16-14-23;1-3-25-17-7-6-14(21)9-16(17)18(11(2)23)22-10-12-4-5-13(20)8-15(12)19(22)24;1-3-16-10-5-4-8(12)6-9(10)11(13-15)7(2)14;1-3-15-10-5-4-8(12)6-9(10)11(13)7(2)14;1-3-15-10-5-4-8(12)6-9(10)11(14)7(2)13;1-2-11-8-4-3-6(10)5-7(8)9;7-5-3-4(8)1-2-6(5)9/h5-12,17-18,23,30H,4,13-16,19H2,1-3H3;4-9,18H,3,10H2,1-2H3;4-6,15H,3H2,1-2H3;4-6,11H,3,13H2,1-2H3;4-6H,3H2,1-2H3;3-5H,2H2,1H3;1-3,9H. The van der Waals surface area contributed by atoms with Gasteiger partial charge in [0.2, 0.25) is 5.78 Å². The fraction of sp³-hybridized carbons (Fsp3) is 0.289. The number of ether oxygens (including phenoxy) is 6. The van der Waals surface area contributed by atoms with E-state index in [1.807, 2.05) is 58.0 Å². The van der Waals surface area contributed by atoms with Crippen LogP contribution in [-0.4, -0.2) is 137 Å². The number of phenols is 1. The Labute approximate surface area is 763 Å². The van der Waals surface area contributed by atoms with E-state index < -0.39 is 64.6 Å². The van der Waals surface area contributed by atoms with Crippen LogP contribution in [0.4, 0.5) is 30.7 Å². The van der Waals surface area contributed by atoms with Crippen LogP contribution in [0.15, 0.2) is 207 Å². The lowest BCUT2D eigenvalue weighted by atomic mass is 9.88. The van der Waals surface area contributed by atoms with Gasteiger partial charge in [0.25, 0.3) is 11.8 Å². The van der Waals surface area contributed by atoms with Crippen LogP contribution in [0.25, 0.3) is 11.1 Å². The summed E-state index contributed by atoms with van der Waals surface area (Å²) in [6.45, 7) is 22.7. The quantitative estimate of drug-likeness (QED) is 0.0113. The molecule has 2 amide bonds. The number of amides is 2. The summed E-state index contributed by atoms with van der Waals surface area (Å²) in [6.07, 6.45) is 2.35. The minimum Gasteiger partial charge on any atom is -0.507 e. The predicted molar refractivity (Wildman–Crippen MR) is 483 cm³/mol. The Balaban J connectivity index is 0.000000216. The van der Waals surface area contributed by atoms with Crippen LogP contribution >= 0.6 is 47.8 Å². The maximum absolute atomic E-state index is 14.2. The Kier molecular flexibility index (Phi) is 40.3. The number of Topliss-reactive ketones (excluding diaryl/α,β-unsaturated/α-hetero) is 6. The number of carbonyl (C=O) groups excluding carboxylic acids is 8. The fourth-order valence-corrected chi connectivity index (χ4v) is 14.9. The number of carbonyl (C=O) groups is 8. The van der Waals surface area contributed by atoms with Crippen molar-refractivity contribution in [2.45, 2.75) is 126 Å². The zero-order valence-corrected chi connectivity index (χ0v) is 77.2. The summed E-state index contributed by atoms with van der Waals surface area (Å²) < 4.78 is 125. The van der Waals surface area contributed by atoms with Gasteiger partial charge in [0.15, 0.2) is 34.6 Å². The van der Waals surface area contributed by atoms with Gasteiger partial charge in [-0.2, -0.15) is 0 Å². The third-order valence-electron chi connectivity index (χ3n) is 19.7. The van der Waals surface area contributed by atoms with E-state index in [0.717, 1.165) is 58.9 Å². The van der Waals surface area contributed by atoms with Crippen LogP contribution < -0.4 is 34.2 Å². The molecule has 128 heavy (non-hydrogen) atoms. The summed E-state index contributed by atoms with van der Waals surface area (Å²) in [5, 5.41) is 20.4. The molecule has 678 valence electrons. The third-order valence-corrected chi connectivity index (χ3v) is 21.4. The van der Waals surface area contributed by atoms with Crippen LogP contribution in [-0.2, 0) is 37.1 Å². The molecule has 3 heterocycles. The number of piperidine rings is 1. The summed E-state index contributed by atoms with van der Waals surface area (Å²) in [5.41, 5.74) is 12.9. The molecule has 4 N–H and O–H groups in total. The van der Waals surface area contributed by atoms with Crippen LogP contribution in [0, 0.1) is 40.7 Å². The number of phenolic OH excluding ortho intramolecular Hbond substituents is 1. The summed E-state index contributed by atoms with van der Waals surface area (Å²) in [5.74, 6) is -2.96. The molecular weight excluding hydrogens is 1860 g/mol. The van der Waals surface area contributed by atoms with E-state index in [1.165, 1.54) is 165 Å². The van der Waals surface area contributed by atoms with Gasteiger partial charge in [-0.15, -0.1) is 0 Å². The number of nitrogens with zero attached hydrogens (tertiary/aromatic N) is 4. The van der Waals surface area contributed by atoms with E-state index in [4.69, 9.17) is 44.5 Å². The minimum absolute atomic E-state index is 0.0237. The van der Waals surface area contributed by atoms with Gasteiger partial charge in [0, 0.05) is 59.2 Å². The summed E-state index contributed by atoms with van der Waals surface area (Å²) in [6, 6.07) is 44.8. The highest BCUT2D eigenvalue weighted by molar-refractivity contribution is 9.11. The zero-order chi connectivity index (χ0) is 94.3. The molecule has 13 rings (SSSR count). The molecule has 10 aromatic rings. The molecular formula is C97H99Br3F7N5O16. The van der Waals surface area contributed by atoms with Crippen molar-refractivity contribution in [3.05, 3.63) is 298 Å². The van der Waals surface area contributed by atoms with Gasteiger partial charge in [-0.3, -0.25) is 38.4 Å². The number of hydrogen-bond acceptors (Lipinski definition) is 19. The molecule has 31 heteroatoms.